The highest BCUT2D eigenvalue weighted by Gasteiger charge is 2.16. The highest BCUT2D eigenvalue weighted by Crippen LogP contribution is 2.39. The minimum atomic E-state index is 0.117. The Morgan fingerprint density at radius 2 is 1.76 bits per heavy atom. The van der Waals surface area contributed by atoms with E-state index in [1.54, 1.807) is 20.3 Å². The van der Waals surface area contributed by atoms with Crippen LogP contribution in [0.15, 0.2) is 36.4 Å². The highest BCUT2D eigenvalue weighted by molar-refractivity contribution is 9.09. The van der Waals surface area contributed by atoms with Gasteiger partial charge in [0, 0.05) is 15.9 Å². The summed E-state index contributed by atoms with van der Waals surface area (Å²) >= 11 is 10.1. The van der Waals surface area contributed by atoms with Crippen molar-refractivity contribution in [2.24, 2.45) is 0 Å². The van der Waals surface area contributed by atoms with E-state index in [9.17, 15) is 0 Å². The standard InChI is InChI=1S/C17H18BrClO2/c1-11-5-4-6-12(7-11)8-14(18)13-9-16(20-2)17(21-3)10-15(13)19/h4-7,9-10,14H,8H2,1-3H3. The van der Waals surface area contributed by atoms with E-state index < -0.39 is 0 Å². The van der Waals surface area contributed by atoms with Crippen LogP contribution < -0.4 is 9.47 Å². The lowest BCUT2D eigenvalue weighted by molar-refractivity contribution is 0.354. The van der Waals surface area contributed by atoms with Gasteiger partial charge in [-0.05, 0) is 30.5 Å². The van der Waals surface area contributed by atoms with Crippen LogP contribution in [0.4, 0.5) is 0 Å². The molecule has 1 unspecified atom stereocenters. The van der Waals surface area contributed by atoms with Crippen molar-refractivity contribution in [3.05, 3.63) is 58.1 Å². The van der Waals surface area contributed by atoms with Gasteiger partial charge in [-0.3, -0.25) is 0 Å². The first kappa shape index (κ1) is 16.2. The van der Waals surface area contributed by atoms with E-state index in [2.05, 4.69) is 47.1 Å². The SMILES string of the molecule is COc1cc(Cl)c(C(Br)Cc2cccc(C)c2)cc1OC. The summed E-state index contributed by atoms with van der Waals surface area (Å²) in [4.78, 5) is 0.117. The van der Waals surface area contributed by atoms with Gasteiger partial charge in [0.05, 0.1) is 14.2 Å². The van der Waals surface area contributed by atoms with Gasteiger partial charge in [-0.25, -0.2) is 0 Å². The summed E-state index contributed by atoms with van der Waals surface area (Å²) in [6.45, 7) is 2.09. The van der Waals surface area contributed by atoms with Gasteiger partial charge in [0.15, 0.2) is 11.5 Å². The Kier molecular flexibility index (Phi) is 5.54. The van der Waals surface area contributed by atoms with E-state index in [-0.39, 0.29) is 4.83 Å². The van der Waals surface area contributed by atoms with Crippen LogP contribution >= 0.6 is 27.5 Å². The first-order chi connectivity index (χ1) is 10.0. The molecule has 0 aromatic heterocycles. The van der Waals surface area contributed by atoms with Crippen LogP contribution in [0.5, 0.6) is 11.5 Å². The molecule has 21 heavy (non-hydrogen) atoms. The molecule has 2 rings (SSSR count). The Hall–Kier alpha value is -1.19. The van der Waals surface area contributed by atoms with Gasteiger partial charge in [0.25, 0.3) is 0 Å². The Bertz CT molecular complexity index is 628. The van der Waals surface area contributed by atoms with Crippen LogP contribution in [0.25, 0.3) is 0 Å². The number of methoxy groups -OCH3 is 2. The quantitative estimate of drug-likeness (QED) is 0.662. The van der Waals surface area contributed by atoms with Gasteiger partial charge in [0.2, 0.25) is 0 Å². The van der Waals surface area contributed by atoms with Crippen molar-refractivity contribution in [1.82, 2.24) is 0 Å². The lowest BCUT2D eigenvalue weighted by Crippen LogP contribution is -1.99. The predicted molar refractivity (Wildman–Crippen MR) is 91.1 cm³/mol. The first-order valence-corrected chi connectivity index (χ1v) is 7.95. The molecule has 4 heteroatoms. The zero-order valence-electron chi connectivity index (χ0n) is 12.3. The fourth-order valence-electron chi connectivity index (χ4n) is 2.27. The molecular weight excluding hydrogens is 352 g/mol. The van der Waals surface area contributed by atoms with Crippen LogP contribution in [0, 0.1) is 6.92 Å². The Morgan fingerprint density at radius 1 is 1.10 bits per heavy atom. The molecule has 2 aromatic rings. The second-order valence-electron chi connectivity index (χ2n) is 4.89. The fourth-order valence-corrected chi connectivity index (χ4v) is 3.44. The second kappa shape index (κ2) is 7.19. The minimum absolute atomic E-state index is 0.117. The summed E-state index contributed by atoms with van der Waals surface area (Å²) in [7, 11) is 3.23. The fraction of sp³-hybridized carbons (Fsp3) is 0.294. The largest absolute Gasteiger partial charge is 0.493 e. The number of aryl methyl sites for hydroxylation is 1. The molecular formula is C17H18BrClO2. The summed E-state index contributed by atoms with van der Waals surface area (Å²) in [5.41, 5.74) is 3.52. The molecule has 2 nitrogen and oxygen atoms in total. The van der Waals surface area contributed by atoms with E-state index >= 15 is 0 Å². The van der Waals surface area contributed by atoms with Crippen LogP contribution in [0.3, 0.4) is 0 Å². The number of halogens is 2. The van der Waals surface area contributed by atoms with Crippen molar-refractivity contribution in [2.45, 2.75) is 18.2 Å². The molecule has 2 aromatic carbocycles. The van der Waals surface area contributed by atoms with Crippen LogP contribution in [0.1, 0.15) is 21.5 Å². The molecule has 0 aliphatic heterocycles. The highest BCUT2D eigenvalue weighted by atomic mass is 79.9. The van der Waals surface area contributed by atoms with Gasteiger partial charge in [0.1, 0.15) is 0 Å². The summed E-state index contributed by atoms with van der Waals surface area (Å²) in [5, 5.41) is 0.669. The summed E-state index contributed by atoms with van der Waals surface area (Å²) in [5.74, 6) is 1.33. The Morgan fingerprint density at radius 3 is 2.38 bits per heavy atom. The number of hydrogen-bond acceptors (Lipinski definition) is 2. The van der Waals surface area contributed by atoms with Crippen molar-refractivity contribution >= 4 is 27.5 Å². The maximum Gasteiger partial charge on any atom is 0.162 e. The number of ether oxygens (including phenoxy) is 2. The maximum absolute atomic E-state index is 6.36. The average Bonchev–Trinajstić information content (AvgIpc) is 2.46. The minimum Gasteiger partial charge on any atom is -0.493 e. The van der Waals surface area contributed by atoms with Crippen molar-refractivity contribution in [1.29, 1.82) is 0 Å². The van der Waals surface area contributed by atoms with E-state index in [1.165, 1.54) is 11.1 Å². The molecule has 1 atom stereocenters. The molecule has 0 bridgehead atoms. The lowest BCUT2D eigenvalue weighted by Gasteiger charge is -2.16. The lowest BCUT2D eigenvalue weighted by atomic mass is 10.0. The number of alkyl halides is 1. The summed E-state index contributed by atoms with van der Waals surface area (Å²) in [6.07, 6.45) is 0.858. The van der Waals surface area contributed by atoms with Gasteiger partial charge in [-0.1, -0.05) is 57.4 Å². The molecule has 0 radical (unpaired) electrons. The van der Waals surface area contributed by atoms with Crippen LogP contribution in [0.2, 0.25) is 5.02 Å². The van der Waals surface area contributed by atoms with E-state index in [0.29, 0.717) is 16.5 Å². The third-order valence-electron chi connectivity index (χ3n) is 3.34. The second-order valence-corrected chi connectivity index (χ2v) is 6.40. The van der Waals surface area contributed by atoms with Crippen molar-refractivity contribution in [3.63, 3.8) is 0 Å². The van der Waals surface area contributed by atoms with E-state index in [4.69, 9.17) is 21.1 Å². The molecule has 112 valence electrons. The zero-order valence-corrected chi connectivity index (χ0v) is 14.7. The van der Waals surface area contributed by atoms with E-state index in [1.807, 2.05) is 6.07 Å². The Balaban J connectivity index is 2.28. The maximum atomic E-state index is 6.36. The smallest absolute Gasteiger partial charge is 0.162 e. The molecule has 0 saturated heterocycles. The first-order valence-electron chi connectivity index (χ1n) is 6.66. The van der Waals surface area contributed by atoms with Crippen molar-refractivity contribution in [2.75, 3.05) is 14.2 Å². The molecule has 0 heterocycles. The normalized spacial score (nSPS) is 12.0. The third-order valence-corrected chi connectivity index (χ3v) is 4.48. The van der Waals surface area contributed by atoms with Crippen LogP contribution in [-0.4, -0.2) is 14.2 Å². The molecule has 0 fully saturated rings. The van der Waals surface area contributed by atoms with Gasteiger partial charge in [-0.2, -0.15) is 0 Å². The monoisotopic (exact) mass is 368 g/mol. The Labute approximate surface area is 139 Å². The molecule has 0 saturated carbocycles. The predicted octanol–water partition coefficient (Wildman–Crippen LogP) is 5.34. The zero-order chi connectivity index (χ0) is 15.4. The summed E-state index contributed by atoms with van der Waals surface area (Å²) in [6, 6.07) is 12.2. The molecule has 0 spiro atoms. The molecule has 0 N–H and O–H groups in total. The van der Waals surface area contributed by atoms with Crippen molar-refractivity contribution < 1.29 is 9.47 Å². The van der Waals surface area contributed by atoms with Crippen LogP contribution in [-0.2, 0) is 6.42 Å². The van der Waals surface area contributed by atoms with E-state index in [0.717, 1.165) is 12.0 Å². The van der Waals surface area contributed by atoms with Crippen molar-refractivity contribution in [3.8, 4) is 11.5 Å². The third kappa shape index (κ3) is 3.92. The van der Waals surface area contributed by atoms with Gasteiger partial charge >= 0.3 is 0 Å². The van der Waals surface area contributed by atoms with Gasteiger partial charge < -0.3 is 9.47 Å². The van der Waals surface area contributed by atoms with Gasteiger partial charge in [-0.15, -0.1) is 0 Å². The molecule has 0 aliphatic rings. The topological polar surface area (TPSA) is 18.5 Å². The average molecular weight is 370 g/mol. The number of hydrogen-bond donors (Lipinski definition) is 0. The molecule has 0 amide bonds. The number of rotatable bonds is 5. The number of benzene rings is 2. The molecule has 0 aliphatic carbocycles. The summed E-state index contributed by atoms with van der Waals surface area (Å²) < 4.78 is 10.6.